The van der Waals surface area contributed by atoms with Gasteiger partial charge in [0.1, 0.15) is 0 Å². The molecule has 0 saturated heterocycles. The van der Waals surface area contributed by atoms with Crippen LogP contribution >= 0.6 is 0 Å². The van der Waals surface area contributed by atoms with Crippen LogP contribution in [0.1, 0.15) is 5.56 Å². The lowest BCUT2D eigenvalue weighted by molar-refractivity contribution is -0.837. The van der Waals surface area contributed by atoms with Crippen LogP contribution in [-0.2, 0) is 12.6 Å². The first-order valence-electron chi connectivity index (χ1n) is 5.28. The molecule has 18 heavy (non-hydrogen) atoms. The molecule has 0 aliphatic rings. The maximum atomic E-state index is 11.9. The Labute approximate surface area is 118 Å². The first-order chi connectivity index (χ1) is 8.58. The molecular weight excluding hydrogens is 363 g/mol. The van der Waals surface area contributed by atoms with Crippen LogP contribution in [-0.4, -0.2) is 8.42 Å². The summed E-state index contributed by atoms with van der Waals surface area (Å²) in [6, 6.07) is 16.0. The third-order valence-electron chi connectivity index (χ3n) is 2.25. The van der Waals surface area contributed by atoms with E-state index in [9.17, 15) is 8.42 Å². The SMILES string of the molecule is Cc1ccc(S(=O)(=O)O[I+]c2ccccc2)cc1. The predicted molar refractivity (Wildman–Crippen MR) is 64.6 cm³/mol. The molecule has 0 aliphatic carbocycles. The summed E-state index contributed by atoms with van der Waals surface area (Å²) in [4.78, 5) is 0.212. The summed E-state index contributed by atoms with van der Waals surface area (Å²) >= 11 is -0.985. The molecule has 94 valence electrons. The molecule has 0 spiro atoms. The zero-order chi connectivity index (χ0) is 13.0. The smallest absolute Gasteiger partial charge is 0.190 e. The van der Waals surface area contributed by atoms with Gasteiger partial charge in [-0.15, -0.1) is 0 Å². The third-order valence-corrected chi connectivity index (χ3v) is 6.51. The molecule has 2 aromatic rings. The monoisotopic (exact) mass is 375 g/mol. The van der Waals surface area contributed by atoms with Gasteiger partial charge in [-0.05, 0) is 33.7 Å². The zero-order valence-corrected chi connectivity index (χ0v) is 12.7. The van der Waals surface area contributed by atoms with E-state index in [-0.39, 0.29) is 4.90 Å². The summed E-state index contributed by atoms with van der Waals surface area (Å²) in [6.07, 6.45) is 0. The van der Waals surface area contributed by atoms with Crippen LogP contribution in [0.2, 0.25) is 0 Å². The molecule has 0 unspecified atom stereocenters. The lowest BCUT2D eigenvalue weighted by Gasteiger charge is -1.97. The van der Waals surface area contributed by atoms with Crippen molar-refractivity contribution in [2.45, 2.75) is 11.8 Å². The predicted octanol–water partition coefficient (Wildman–Crippen LogP) is -0.426. The number of hydrogen-bond donors (Lipinski definition) is 0. The molecule has 0 radical (unpaired) electrons. The molecule has 3 nitrogen and oxygen atoms in total. The van der Waals surface area contributed by atoms with Crippen molar-refractivity contribution < 1.29 is 32.6 Å². The fourth-order valence-electron chi connectivity index (χ4n) is 1.29. The van der Waals surface area contributed by atoms with Gasteiger partial charge in [-0.25, -0.2) is 0 Å². The van der Waals surface area contributed by atoms with Gasteiger partial charge in [0.2, 0.25) is 3.57 Å². The van der Waals surface area contributed by atoms with E-state index >= 15 is 0 Å². The molecule has 0 atom stereocenters. The molecule has 2 aromatic carbocycles. The average molecular weight is 375 g/mol. The first kappa shape index (κ1) is 13.5. The van der Waals surface area contributed by atoms with E-state index in [0.29, 0.717) is 0 Å². The summed E-state index contributed by atoms with van der Waals surface area (Å²) in [6.45, 7) is 1.91. The Morgan fingerprint density at radius 3 is 2.17 bits per heavy atom. The van der Waals surface area contributed by atoms with Crippen molar-refractivity contribution >= 4 is 10.1 Å². The van der Waals surface area contributed by atoms with E-state index < -0.39 is 31.7 Å². The average Bonchev–Trinajstić information content (AvgIpc) is 2.38. The fraction of sp³-hybridized carbons (Fsp3) is 0.0769. The summed E-state index contributed by atoms with van der Waals surface area (Å²) in [5.41, 5.74) is 1.02. The largest absolute Gasteiger partial charge is 0.540 e. The quantitative estimate of drug-likeness (QED) is 0.682. The summed E-state index contributed by atoms with van der Waals surface area (Å²) in [5, 5.41) is 0. The van der Waals surface area contributed by atoms with Gasteiger partial charge in [-0.1, -0.05) is 35.9 Å². The Bertz CT molecular complexity index is 606. The van der Waals surface area contributed by atoms with Crippen molar-refractivity contribution in [1.29, 1.82) is 0 Å². The summed E-state index contributed by atoms with van der Waals surface area (Å²) < 4.78 is 29.9. The molecule has 0 N–H and O–H groups in total. The lowest BCUT2D eigenvalue weighted by atomic mass is 10.2. The fourth-order valence-corrected chi connectivity index (χ4v) is 4.65. The highest BCUT2D eigenvalue weighted by Crippen LogP contribution is 2.10. The van der Waals surface area contributed by atoms with Crippen LogP contribution in [0.25, 0.3) is 0 Å². The number of halogens is 1. The van der Waals surface area contributed by atoms with Crippen molar-refractivity contribution in [2.24, 2.45) is 0 Å². The highest BCUT2D eigenvalue weighted by molar-refractivity contribution is 7.86. The molecule has 0 saturated carbocycles. The Balaban J connectivity index is 2.11. The topological polar surface area (TPSA) is 43.4 Å². The Kier molecular flexibility index (Phi) is 4.36. The second-order valence-corrected chi connectivity index (χ2v) is 7.97. The summed E-state index contributed by atoms with van der Waals surface area (Å²) in [5.74, 6) is 0. The lowest BCUT2D eigenvalue weighted by Crippen LogP contribution is -3.61. The van der Waals surface area contributed by atoms with Crippen LogP contribution in [0.15, 0.2) is 59.5 Å². The number of rotatable bonds is 4. The second-order valence-electron chi connectivity index (χ2n) is 3.70. The molecule has 0 aliphatic heterocycles. The first-order valence-corrected chi connectivity index (χ1v) is 8.65. The van der Waals surface area contributed by atoms with Crippen LogP contribution < -0.4 is 21.6 Å². The van der Waals surface area contributed by atoms with E-state index in [1.807, 2.05) is 37.3 Å². The molecule has 0 amide bonds. The number of benzene rings is 2. The molecule has 2 rings (SSSR count). The third kappa shape index (κ3) is 3.54. The molecule has 0 fully saturated rings. The van der Waals surface area contributed by atoms with E-state index in [0.717, 1.165) is 9.13 Å². The van der Waals surface area contributed by atoms with E-state index in [1.165, 1.54) is 0 Å². The van der Waals surface area contributed by atoms with Gasteiger partial charge in [-0.2, -0.15) is 8.42 Å². The second kappa shape index (κ2) is 5.81. The highest BCUT2D eigenvalue weighted by Gasteiger charge is 2.27. The van der Waals surface area contributed by atoms with Crippen molar-refractivity contribution in [2.75, 3.05) is 0 Å². The minimum Gasteiger partial charge on any atom is -0.190 e. The normalized spacial score (nSPS) is 11.4. The van der Waals surface area contributed by atoms with E-state index in [1.54, 1.807) is 24.3 Å². The highest BCUT2D eigenvalue weighted by atomic mass is 127. The van der Waals surface area contributed by atoms with Crippen molar-refractivity contribution in [1.82, 2.24) is 0 Å². The molecule has 0 bridgehead atoms. The van der Waals surface area contributed by atoms with Crippen LogP contribution in [0.4, 0.5) is 0 Å². The minimum absolute atomic E-state index is 0.212. The minimum atomic E-state index is -3.63. The molecule has 0 heterocycles. The zero-order valence-electron chi connectivity index (χ0n) is 9.71. The van der Waals surface area contributed by atoms with Gasteiger partial charge in [0.25, 0.3) is 0 Å². The Morgan fingerprint density at radius 1 is 0.944 bits per heavy atom. The summed E-state index contributed by atoms with van der Waals surface area (Å²) in [7, 11) is -3.63. The van der Waals surface area contributed by atoms with Crippen molar-refractivity contribution in [3.8, 4) is 0 Å². The van der Waals surface area contributed by atoms with Crippen molar-refractivity contribution in [3.63, 3.8) is 0 Å². The van der Waals surface area contributed by atoms with Gasteiger partial charge in [0, 0.05) is 0 Å². The maximum absolute atomic E-state index is 11.9. The van der Waals surface area contributed by atoms with Crippen LogP contribution in [0.5, 0.6) is 0 Å². The molecular formula is C13H12IO3S+. The molecule has 5 heteroatoms. The van der Waals surface area contributed by atoms with E-state index in [4.69, 9.17) is 2.51 Å². The van der Waals surface area contributed by atoms with E-state index in [2.05, 4.69) is 0 Å². The van der Waals surface area contributed by atoms with Gasteiger partial charge < -0.3 is 0 Å². The van der Waals surface area contributed by atoms with Crippen LogP contribution in [0.3, 0.4) is 0 Å². The number of hydrogen-bond acceptors (Lipinski definition) is 3. The standard InChI is InChI=1S/C13H12IO3S/c1-11-7-9-13(10-8-11)18(15,16)17-14-12-5-3-2-4-6-12/h2-10H,1H3/q+1. The Morgan fingerprint density at radius 2 is 1.56 bits per heavy atom. The van der Waals surface area contributed by atoms with Gasteiger partial charge >= 0.3 is 31.7 Å². The van der Waals surface area contributed by atoms with Crippen LogP contribution in [0, 0.1) is 10.5 Å². The van der Waals surface area contributed by atoms with Gasteiger partial charge in [-0.3, -0.25) is 0 Å². The van der Waals surface area contributed by atoms with Gasteiger partial charge in [0.05, 0.1) is 4.90 Å². The van der Waals surface area contributed by atoms with Crippen molar-refractivity contribution in [3.05, 3.63) is 63.7 Å². The Hall–Kier alpha value is -0.920. The number of aryl methyl sites for hydroxylation is 1. The van der Waals surface area contributed by atoms with Gasteiger partial charge in [0.15, 0.2) is 0 Å². The molecule has 0 aromatic heterocycles. The maximum Gasteiger partial charge on any atom is 0.540 e.